The Morgan fingerprint density at radius 3 is 1.69 bits per heavy atom. The lowest BCUT2D eigenvalue weighted by atomic mass is 10.2. The minimum Gasteiger partial charge on any atom is -0.478 e. The van der Waals surface area contributed by atoms with Crippen molar-refractivity contribution in [3.8, 4) is 0 Å². The third-order valence-corrected chi connectivity index (χ3v) is 2.91. The Hall–Kier alpha value is -3.77. The van der Waals surface area contributed by atoms with Gasteiger partial charge in [0.25, 0.3) is 0 Å². The molecule has 2 aromatic carbocycles. The number of rotatable bonds is 6. The number of carboxylic acid groups (broad SMARTS) is 1. The average molecular weight is 358 g/mol. The lowest BCUT2D eigenvalue weighted by Gasteiger charge is -2.14. The summed E-state index contributed by atoms with van der Waals surface area (Å²) in [6.07, 6.45) is -1.32. The predicted octanol–water partition coefficient (Wildman–Crippen LogP) is 1.57. The lowest BCUT2D eigenvalue weighted by molar-refractivity contribution is -0.191. The molecular formula is C18H14O8. The topological polar surface area (TPSA) is 124 Å². The first-order chi connectivity index (χ1) is 12.5. The van der Waals surface area contributed by atoms with Gasteiger partial charge in [-0.25, -0.2) is 14.4 Å². The summed E-state index contributed by atoms with van der Waals surface area (Å²) in [4.78, 5) is 51.0. The van der Waals surface area contributed by atoms with Gasteiger partial charge in [0, 0.05) is 0 Å². The van der Waals surface area contributed by atoms with Crippen molar-refractivity contribution in [2.75, 3.05) is 6.61 Å². The van der Waals surface area contributed by atoms with Gasteiger partial charge in [0.05, 0.1) is 11.1 Å². The van der Waals surface area contributed by atoms with Gasteiger partial charge in [-0.2, -0.15) is 9.59 Å². The quantitative estimate of drug-likeness (QED) is 0.772. The number of esters is 2. The molecule has 2 rings (SSSR count). The fourth-order valence-electron chi connectivity index (χ4n) is 1.74. The molecule has 8 heteroatoms. The van der Waals surface area contributed by atoms with Crippen molar-refractivity contribution in [2.45, 2.75) is 6.10 Å². The molecule has 0 fully saturated rings. The summed E-state index contributed by atoms with van der Waals surface area (Å²) >= 11 is 0. The summed E-state index contributed by atoms with van der Waals surface area (Å²) < 4.78 is 9.76. The number of hydrogen-bond donors (Lipinski definition) is 1. The molecule has 0 heterocycles. The van der Waals surface area contributed by atoms with Crippen LogP contribution in [0.2, 0.25) is 0 Å². The molecule has 0 aliphatic rings. The highest BCUT2D eigenvalue weighted by Crippen LogP contribution is 2.07. The van der Waals surface area contributed by atoms with E-state index >= 15 is 0 Å². The Balaban J connectivity index is 0.00000105. The molecule has 0 spiro atoms. The van der Waals surface area contributed by atoms with Gasteiger partial charge in [0.15, 0.2) is 0 Å². The number of carbonyl (C=O) groups is 3. The highest BCUT2D eigenvalue weighted by atomic mass is 16.6. The van der Waals surface area contributed by atoms with E-state index in [1.54, 1.807) is 36.4 Å². The molecule has 0 bridgehead atoms. The van der Waals surface area contributed by atoms with Crippen molar-refractivity contribution in [3.05, 3.63) is 71.8 Å². The second-order valence-corrected chi connectivity index (χ2v) is 4.65. The summed E-state index contributed by atoms with van der Waals surface area (Å²) in [5, 5.41) is 9.08. The molecule has 1 N–H and O–H groups in total. The van der Waals surface area contributed by atoms with Crippen LogP contribution in [0, 0.1) is 0 Å². The number of carboxylic acids is 1. The Morgan fingerprint density at radius 1 is 0.846 bits per heavy atom. The van der Waals surface area contributed by atoms with E-state index in [1.165, 1.54) is 24.3 Å². The standard InChI is InChI=1S/C17H14O6.CO2/c18-15(19)14(23-17(21)13-9-5-2-6-10-13)11-22-16(20)12-7-3-1-4-8-12;2-1-3/h1-10,14H,11H2,(H,18,19);/t14-;/m1./s1. The third-order valence-electron chi connectivity index (χ3n) is 2.91. The molecule has 26 heavy (non-hydrogen) atoms. The second-order valence-electron chi connectivity index (χ2n) is 4.65. The van der Waals surface area contributed by atoms with Crippen LogP contribution in [0.3, 0.4) is 0 Å². The van der Waals surface area contributed by atoms with Crippen LogP contribution in [0.5, 0.6) is 0 Å². The largest absolute Gasteiger partial charge is 0.478 e. The first kappa shape index (κ1) is 20.3. The number of ether oxygens (including phenoxy) is 2. The molecule has 0 unspecified atom stereocenters. The monoisotopic (exact) mass is 358 g/mol. The van der Waals surface area contributed by atoms with Gasteiger partial charge in [-0.1, -0.05) is 36.4 Å². The van der Waals surface area contributed by atoms with Crippen molar-refractivity contribution in [3.63, 3.8) is 0 Å². The molecule has 2 aromatic rings. The van der Waals surface area contributed by atoms with Crippen LogP contribution >= 0.6 is 0 Å². The fourth-order valence-corrected chi connectivity index (χ4v) is 1.74. The maximum atomic E-state index is 11.8. The minimum absolute atomic E-state index is 0.216. The van der Waals surface area contributed by atoms with Crippen molar-refractivity contribution in [2.24, 2.45) is 0 Å². The van der Waals surface area contributed by atoms with E-state index in [0.29, 0.717) is 0 Å². The van der Waals surface area contributed by atoms with Crippen molar-refractivity contribution in [1.82, 2.24) is 0 Å². The zero-order chi connectivity index (χ0) is 19.4. The fraction of sp³-hybridized carbons (Fsp3) is 0.111. The van der Waals surface area contributed by atoms with E-state index in [1.807, 2.05) is 0 Å². The Bertz CT molecular complexity index is 764. The average Bonchev–Trinajstić information content (AvgIpc) is 2.66. The summed E-state index contributed by atoms with van der Waals surface area (Å²) in [6, 6.07) is 16.1. The van der Waals surface area contributed by atoms with E-state index < -0.39 is 30.6 Å². The molecular weight excluding hydrogens is 344 g/mol. The predicted molar refractivity (Wildman–Crippen MR) is 85.0 cm³/mol. The van der Waals surface area contributed by atoms with Gasteiger partial charge in [-0.05, 0) is 24.3 Å². The van der Waals surface area contributed by atoms with Crippen molar-refractivity contribution < 1.29 is 38.6 Å². The van der Waals surface area contributed by atoms with Gasteiger partial charge in [0.1, 0.15) is 6.61 Å². The zero-order valence-corrected chi connectivity index (χ0v) is 13.4. The number of hydrogen-bond acceptors (Lipinski definition) is 7. The Labute approximate surface area is 148 Å². The SMILES string of the molecule is O=C(OC[C@@H](OC(=O)c1ccccc1)C(=O)O)c1ccccc1.O=C=O. The molecule has 0 saturated carbocycles. The Kier molecular flexibility index (Phi) is 8.50. The minimum atomic E-state index is -1.57. The number of carbonyl (C=O) groups excluding carboxylic acids is 4. The normalized spacial score (nSPS) is 10.3. The second kappa shape index (κ2) is 10.9. The smallest absolute Gasteiger partial charge is 0.373 e. The van der Waals surface area contributed by atoms with Gasteiger partial charge >= 0.3 is 24.1 Å². The van der Waals surface area contributed by atoms with E-state index in [2.05, 4.69) is 0 Å². The first-order valence-corrected chi connectivity index (χ1v) is 7.20. The summed E-state index contributed by atoms with van der Waals surface area (Å²) in [7, 11) is 0. The number of benzene rings is 2. The van der Waals surface area contributed by atoms with Crippen LogP contribution in [-0.4, -0.2) is 41.9 Å². The highest BCUT2D eigenvalue weighted by Gasteiger charge is 2.25. The van der Waals surface area contributed by atoms with Gasteiger partial charge < -0.3 is 14.6 Å². The summed E-state index contributed by atoms with van der Waals surface area (Å²) in [5.74, 6) is -2.88. The molecule has 1 atom stereocenters. The molecule has 0 saturated heterocycles. The van der Waals surface area contributed by atoms with E-state index in [4.69, 9.17) is 24.2 Å². The first-order valence-electron chi connectivity index (χ1n) is 7.20. The summed E-state index contributed by atoms with van der Waals surface area (Å²) in [6.45, 7) is -0.568. The highest BCUT2D eigenvalue weighted by molar-refractivity contribution is 5.92. The summed E-state index contributed by atoms with van der Waals surface area (Å²) in [5.41, 5.74) is 0.499. The van der Waals surface area contributed by atoms with Crippen LogP contribution in [-0.2, 0) is 23.9 Å². The van der Waals surface area contributed by atoms with Gasteiger partial charge in [0.2, 0.25) is 6.10 Å². The third kappa shape index (κ3) is 6.77. The van der Waals surface area contributed by atoms with Crippen LogP contribution in [0.25, 0.3) is 0 Å². The van der Waals surface area contributed by atoms with Crippen molar-refractivity contribution >= 4 is 24.1 Å². The van der Waals surface area contributed by atoms with Crippen LogP contribution in [0.4, 0.5) is 0 Å². The zero-order valence-electron chi connectivity index (χ0n) is 13.4. The molecule has 0 aliphatic carbocycles. The maximum absolute atomic E-state index is 11.8. The van der Waals surface area contributed by atoms with Gasteiger partial charge in [-0.3, -0.25) is 0 Å². The number of aliphatic carboxylic acids is 1. The lowest BCUT2D eigenvalue weighted by Crippen LogP contribution is -2.32. The van der Waals surface area contributed by atoms with E-state index in [-0.39, 0.29) is 17.3 Å². The van der Waals surface area contributed by atoms with Crippen LogP contribution in [0.15, 0.2) is 60.7 Å². The van der Waals surface area contributed by atoms with Crippen molar-refractivity contribution in [1.29, 1.82) is 0 Å². The van der Waals surface area contributed by atoms with E-state index in [9.17, 15) is 14.4 Å². The molecule has 134 valence electrons. The molecule has 0 radical (unpaired) electrons. The van der Waals surface area contributed by atoms with E-state index in [0.717, 1.165) is 0 Å². The molecule has 0 aliphatic heterocycles. The Morgan fingerprint density at radius 2 is 1.27 bits per heavy atom. The van der Waals surface area contributed by atoms with Crippen LogP contribution < -0.4 is 0 Å². The molecule has 0 aromatic heterocycles. The molecule has 8 nitrogen and oxygen atoms in total. The van der Waals surface area contributed by atoms with Crippen LogP contribution in [0.1, 0.15) is 20.7 Å². The molecule has 0 amide bonds. The van der Waals surface area contributed by atoms with Gasteiger partial charge in [-0.15, -0.1) is 0 Å². The maximum Gasteiger partial charge on any atom is 0.373 e.